The van der Waals surface area contributed by atoms with Crippen LogP contribution in [0, 0.1) is 0 Å². The molecule has 0 fully saturated rings. The Bertz CT molecular complexity index is 426. The molecule has 0 bridgehead atoms. The van der Waals surface area contributed by atoms with Gasteiger partial charge >= 0.3 is 0 Å². The topological polar surface area (TPSA) is 17.1 Å². The zero-order valence-electron chi connectivity index (χ0n) is 12.1. The fourth-order valence-corrected chi connectivity index (χ4v) is 1.88. The van der Waals surface area contributed by atoms with Crippen molar-refractivity contribution in [3.8, 4) is 0 Å². The van der Waals surface area contributed by atoms with Crippen LogP contribution < -0.4 is 0 Å². The van der Waals surface area contributed by atoms with Crippen LogP contribution in [0.4, 0.5) is 0 Å². The van der Waals surface area contributed by atoms with Gasteiger partial charge in [0, 0.05) is 0 Å². The quantitative estimate of drug-likeness (QED) is 0.462. The maximum absolute atomic E-state index is 11.9. The first kappa shape index (κ1) is 15.4. The molecule has 0 saturated heterocycles. The van der Waals surface area contributed by atoms with Crippen molar-refractivity contribution in [3.05, 3.63) is 53.6 Å². The molecule has 1 aromatic rings. The minimum absolute atomic E-state index is 0.111. The average Bonchev–Trinajstić information content (AvgIpc) is 2.43. The fraction of sp³-hybridized carbons (Fsp3) is 0.389. The monoisotopic (exact) mass is 256 g/mol. The highest BCUT2D eigenvalue weighted by Gasteiger charge is 1.99. The standard InChI is InChI=1S/C18H24O/c1-3-4-5-6-7-11-14-18(19)16(2)15-17-12-9-8-10-13-17/h8-15H,3-7H2,1-2H3/b14-11+,16-15+. The number of ketones is 1. The van der Waals surface area contributed by atoms with Crippen molar-refractivity contribution < 1.29 is 4.79 Å². The van der Waals surface area contributed by atoms with E-state index in [0.717, 1.165) is 17.6 Å². The number of rotatable bonds is 8. The average molecular weight is 256 g/mol. The zero-order valence-corrected chi connectivity index (χ0v) is 12.1. The van der Waals surface area contributed by atoms with Gasteiger partial charge in [0.05, 0.1) is 0 Å². The molecular weight excluding hydrogens is 232 g/mol. The molecule has 0 spiro atoms. The van der Waals surface area contributed by atoms with E-state index < -0.39 is 0 Å². The Kier molecular flexibility index (Phi) is 7.57. The van der Waals surface area contributed by atoms with Crippen molar-refractivity contribution in [3.63, 3.8) is 0 Å². The van der Waals surface area contributed by atoms with E-state index in [9.17, 15) is 4.79 Å². The van der Waals surface area contributed by atoms with E-state index in [4.69, 9.17) is 0 Å². The molecule has 0 atom stereocenters. The van der Waals surface area contributed by atoms with Crippen LogP contribution in [0.1, 0.15) is 51.5 Å². The molecule has 19 heavy (non-hydrogen) atoms. The minimum atomic E-state index is 0.111. The molecule has 0 aromatic heterocycles. The Labute approximate surface area is 117 Å². The van der Waals surface area contributed by atoms with E-state index in [-0.39, 0.29) is 5.78 Å². The van der Waals surface area contributed by atoms with Crippen LogP contribution >= 0.6 is 0 Å². The summed E-state index contributed by atoms with van der Waals surface area (Å²) < 4.78 is 0. The van der Waals surface area contributed by atoms with Crippen molar-refractivity contribution >= 4 is 11.9 Å². The number of hydrogen-bond donors (Lipinski definition) is 0. The largest absolute Gasteiger partial charge is 0.290 e. The Morgan fingerprint density at radius 3 is 2.53 bits per heavy atom. The van der Waals surface area contributed by atoms with Gasteiger partial charge in [-0.1, -0.05) is 62.6 Å². The highest BCUT2D eigenvalue weighted by molar-refractivity contribution is 6.06. The van der Waals surface area contributed by atoms with Crippen molar-refractivity contribution in [2.75, 3.05) is 0 Å². The molecular formula is C18H24O. The van der Waals surface area contributed by atoms with Gasteiger partial charge in [-0.25, -0.2) is 0 Å². The van der Waals surface area contributed by atoms with Crippen molar-refractivity contribution in [1.82, 2.24) is 0 Å². The van der Waals surface area contributed by atoms with E-state index in [1.165, 1.54) is 25.7 Å². The Hall–Kier alpha value is -1.63. The lowest BCUT2D eigenvalue weighted by Gasteiger charge is -1.97. The van der Waals surface area contributed by atoms with Crippen LogP contribution in [0.2, 0.25) is 0 Å². The predicted molar refractivity (Wildman–Crippen MR) is 83.0 cm³/mol. The maximum Gasteiger partial charge on any atom is 0.181 e. The lowest BCUT2D eigenvalue weighted by atomic mass is 10.1. The van der Waals surface area contributed by atoms with E-state index in [1.54, 1.807) is 6.08 Å². The third-order valence-electron chi connectivity index (χ3n) is 3.06. The molecule has 0 aliphatic rings. The van der Waals surface area contributed by atoms with Gasteiger partial charge in [-0.05, 0) is 43.1 Å². The predicted octanol–water partition coefficient (Wildman–Crippen LogP) is 5.19. The first-order chi connectivity index (χ1) is 9.24. The molecule has 0 aliphatic carbocycles. The summed E-state index contributed by atoms with van der Waals surface area (Å²) in [6.45, 7) is 4.08. The van der Waals surface area contributed by atoms with Crippen molar-refractivity contribution in [1.29, 1.82) is 0 Å². The van der Waals surface area contributed by atoms with E-state index in [1.807, 2.05) is 49.4 Å². The Balaban J connectivity index is 2.40. The minimum Gasteiger partial charge on any atom is -0.290 e. The molecule has 102 valence electrons. The van der Waals surface area contributed by atoms with Gasteiger partial charge in [0.1, 0.15) is 0 Å². The molecule has 0 radical (unpaired) electrons. The third-order valence-corrected chi connectivity index (χ3v) is 3.06. The number of unbranched alkanes of at least 4 members (excludes halogenated alkanes) is 4. The second kappa shape index (κ2) is 9.32. The van der Waals surface area contributed by atoms with Crippen LogP contribution in [0.5, 0.6) is 0 Å². The van der Waals surface area contributed by atoms with E-state index in [0.29, 0.717) is 0 Å². The summed E-state index contributed by atoms with van der Waals surface area (Å²) in [6.07, 6.45) is 11.6. The van der Waals surface area contributed by atoms with E-state index >= 15 is 0 Å². The molecule has 1 rings (SSSR count). The second-order valence-corrected chi connectivity index (χ2v) is 4.85. The Morgan fingerprint density at radius 2 is 1.84 bits per heavy atom. The number of carbonyl (C=O) groups is 1. The summed E-state index contributed by atoms with van der Waals surface area (Å²) in [5.74, 6) is 0.111. The summed E-state index contributed by atoms with van der Waals surface area (Å²) in [7, 11) is 0. The summed E-state index contributed by atoms with van der Waals surface area (Å²) in [6, 6.07) is 9.95. The first-order valence-electron chi connectivity index (χ1n) is 7.18. The van der Waals surface area contributed by atoms with E-state index in [2.05, 4.69) is 6.92 Å². The maximum atomic E-state index is 11.9. The number of allylic oxidation sites excluding steroid dienone is 3. The molecule has 0 aliphatic heterocycles. The van der Waals surface area contributed by atoms with Gasteiger partial charge in [0.15, 0.2) is 5.78 Å². The van der Waals surface area contributed by atoms with Crippen molar-refractivity contribution in [2.24, 2.45) is 0 Å². The number of carbonyl (C=O) groups excluding carboxylic acids is 1. The molecule has 0 amide bonds. The molecule has 1 heteroatoms. The van der Waals surface area contributed by atoms with Gasteiger partial charge in [-0.15, -0.1) is 0 Å². The van der Waals surface area contributed by atoms with Crippen LogP contribution in [-0.4, -0.2) is 5.78 Å². The molecule has 0 heterocycles. The summed E-state index contributed by atoms with van der Waals surface area (Å²) >= 11 is 0. The van der Waals surface area contributed by atoms with Gasteiger partial charge in [0.25, 0.3) is 0 Å². The Morgan fingerprint density at radius 1 is 1.11 bits per heavy atom. The van der Waals surface area contributed by atoms with Gasteiger partial charge in [-0.2, -0.15) is 0 Å². The van der Waals surface area contributed by atoms with Crippen LogP contribution in [0.15, 0.2) is 48.1 Å². The van der Waals surface area contributed by atoms with Crippen LogP contribution in [-0.2, 0) is 4.79 Å². The number of benzene rings is 1. The highest BCUT2D eigenvalue weighted by atomic mass is 16.1. The molecule has 1 nitrogen and oxygen atoms in total. The number of hydrogen-bond acceptors (Lipinski definition) is 1. The van der Waals surface area contributed by atoms with Gasteiger partial charge in [-0.3, -0.25) is 4.79 Å². The lowest BCUT2D eigenvalue weighted by molar-refractivity contribution is -0.111. The summed E-state index contributed by atoms with van der Waals surface area (Å²) in [5, 5.41) is 0. The molecule has 0 N–H and O–H groups in total. The van der Waals surface area contributed by atoms with Crippen LogP contribution in [0.25, 0.3) is 6.08 Å². The SMILES string of the molecule is CCCCCC/C=C/C(=O)/C(C)=C/c1ccccc1. The van der Waals surface area contributed by atoms with Crippen LogP contribution in [0.3, 0.4) is 0 Å². The molecule has 0 saturated carbocycles. The van der Waals surface area contributed by atoms with Gasteiger partial charge in [0.2, 0.25) is 0 Å². The summed E-state index contributed by atoms with van der Waals surface area (Å²) in [4.78, 5) is 11.9. The van der Waals surface area contributed by atoms with Gasteiger partial charge < -0.3 is 0 Å². The normalized spacial score (nSPS) is 12.0. The van der Waals surface area contributed by atoms with Crippen molar-refractivity contribution in [2.45, 2.75) is 46.0 Å². The molecule has 1 aromatic carbocycles. The summed E-state index contributed by atoms with van der Waals surface area (Å²) in [5.41, 5.74) is 1.86. The first-order valence-corrected chi connectivity index (χ1v) is 7.18. The zero-order chi connectivity index (χ0) is 13.9. The highest BCUT2D eigenvalue weighted by Crippen LogP contribution is 2.08. The molecule has 0 unspecified atom stereocenters. The second-order valence-electron chi connectivity index (χ2n) is 4.85. The smallest absolute Gasteiger partial charge is 0.181 e. The fourth-order valence-electron chi connectivity index (χ4n) is 1.88. The lowest BCUT2D eigenvalue weighted by Crippen LogP contribution is -1.94. The third kappa shape index (κ3) is 6.76.